The molecule has 2 amide bonds. The number of halogens is 1. The van der Waals surface area contributed by atoms with Crippen molar-refractivity contribution < 1.29 is 28.6 Å². The number of carbonyl (C=O) groups is 2. The fraction of sp³-hybridized carbons (Fsp3) is 0.467. The number of aromatic nitrogens is 1. The average molecular weight is 538 g/mol. The van der Waals surface area contributed by atoms with Gasteiger partial charge in [0.2, 0.25) is 0 Å². The first-order valence-electron chi connectivity index (χ1n) is 13.5. The third kappa shape index (κ3) is 5.02. The van der Waals surface area contributed by atoms with Crippen LogP contribution in [-0.2, 0) is 22.4 Å². The zero-order valence-corrected chi connectivity index (χ0v) is 23.0. The summed E-state index contributed by atoms with van der Waals surface area (Å²) in [5.74, 6) is 0.709. The third-order valence-electron chi connectivity index (χ3n) is 7.89. The molecule has 0 fully saturated rings. The predicted octanol–water partition coefficient (Wildman–Crippen LogP) is 4.80. The number of rotatable bonds is 8. The molecule has 2 aromatic rings. The lowest BCUT2D eigenvalue weighted by molar-refractivity contribution is 0.0658. The number of hydrogen-bond donors (Lipinski definition) is 1. The quantitative estimate of drug-likeness (QED) is 0.523. The van der Waals surface area contributed by atoms with Crippen molar-refractivity contribution in [3.05, 3.63) is 75.8 Å². The first-order valence-corrected chi connectivity index (χ1v) is 13.5. The molecule has 1 aromatic carbocycles. The molecule has 1 N–H and O–H groups in total. The molecule has 1 atom stereocenters. The van der Waals surface area contributed by atoms with Crippen LogP contribution < -0.4 is 0 Å². The molecule has 0 saturated carbocycles. The highest BCUT2D eigenvalue weighted by molar-refractivity contribution is 6.06. The number of aromatic hydroxyl groups is 1. The highest BCUT2D eigenvalue weighted by Gasteiger charge is 2.42. The number of carbonyl (C=O) groups excluding carboxylic acids is 2. The summed E-state index contributed by atoms with van der Waals surface area (Å²) in [6.07, 6.45) is 4.63. The topological polar surface area (TPSA) is 84.2 Å². The Hall–Kier alpha value is -3.75. The van der Waals surface area contributed by atoms with Gasteiger partial charge in [0, 0.05) is 50.8 Å². The van der Waals surface area contributed by atoms with E-state index in [1.807, 2.05) is 10.6 Å². The summed E-state index contributed by atoms with van der Waals surface area (Å²) in [4.78, 5) is 30.9. The number of amides is 2. The van der Waals surface area contributed by atoms with E-state index in [9.17, 15) is 19.1 Å². The van der Waals surface area contributed by atoms with Gasteiger partial charge in [-0.15, -0.1) is 0 Å². The van der Waals surface area contributed by atoms with Crippen LogP contribution in [0.15, 0.2) is 47.4 Å². The molecule has 5 rings (SSSR count). The molecule has 9 heteroatoms. The first kappa shape index (κ1) is 26.8. The molecule has 3 heterocycles. The van der Waals surface area contributed by atoms with Crippen LogP contribution in [-0.4, -0.2) is 65.1 Å². The van der Waals surface area contributed by atoms with Crippen molar-refractivity contribution in [2.24, 2.45) is 5.92 Å². The van der Waals surface area contributed by atoms with Crippen molar-refractivity contribution >= 4 is 11.8 Å². The van der Waals surface area contributed by atoms with Crippen LogP contribution >= 0.6 is 0 Å². The summed E-state index contributed by atoms with van der Waals surface area (Å²) >= 11 is 0. The van der Waals surface area contributed by atoms with Gasteiger partial charge in [0.15, 0.2) is 11.4 Å². The molecule has 0 saturated heterocycles. The van der Waals surface area contributed by atoms with Gasteiger partial charge in [-0.3, -0.25) is 9.59 Å². The fourth-order valence-electron chi connectivity index (χ4n) is 6.06. The van der Waals surface area contributed by atoms with Gasteiger partial charge in [-0.2, -0.15) is 0 Å². The minimum Gasteiger partial charge on any atom is -0.505 e. The number of hydrogen-bond acceptors (Lipinski definition) is 5. The lowest BCUT2D eigenvalue weighted by atomic mass is 9.98. The zero-order chi connectivity index (χ0) is 27.8. The number of benzene rings is 1. The summed E-state index contributed by atoms with van der Waals surface area (Å²) in [5, 5.41) is 11.4. The highest BCUT2D eigenvalue weighted by atomic mass is 19.1. The Balaban J connectivity index is 1.49. The van der Waals surface area contributed by atoms with E-state index in [0.29, 0.717) is 50.7 Å². The van der Waals surface area contributed by atoms with E-state index in [0.717, 1.165) is 35.4 Å². The van der Waals surface area contributed by atoms with Gasteiger partial charge in [0.25, 0.3) is 11.8 Å². The lowest BCUT2D eigenvalue weighted by Crippen LogP contribution is -2.45. The Bertz CT molecular complexity index is 1340. The summed E-state index contributed by atoms with van der Waals surface area (Å²) in [6.45, 7) is 5.89. The molecule has 0 bridgehead atoms. The van der Waals surface area contributed by atoms with Crippen molar-refractivity contribution in [1.29, 1.82) is 0 Å². The van der Waals surface area contributed by atoms with Crippen molar-refractivity contribution in [3.8, 4) is 5.75 Å². The van der Waals surface area contributed by atoms with Crippen molar-refractivity contribution in [1.82, 2.24) is 14.4 Å². The van der Waals surface area contributed by atoms with E-state index in [4.69, 9.17) is 9.47 Å². The van der Waals surface area contributed by atoms with Crippen LogP contribution in [0, 0.1) is 11.7 Å². The molecule has 1 aliphatic carbocycles. The molecule has 3 aliphatic rings. The van der Waals surface area contributed by atoms with E-state index >= 15 is 0 Å². The fourth-order valence-corrected chi connectivity index (χ4v) is 6.06. The van der Waals surface area contributed by atoms with Crippen molar-refractivity contribution in [3.63, 3.8) is 0 Å². The lowest BCUT2D eigenvalue weighted by Gasteiger charge is -2.38. The van der Waals surface area contributed by atoms with E-state index in [1.54, 1.807) is 36.2 Å². The van der Waals surface area contributed by atoms with Gasteiger partial charge in [0.1, 0.15) is 17.1 Å². The van der Waals surface area contributed by atoms with Gasteiger partial charge >= 0.3 is 0 Å². The summed E-state index contributed by atoms with van der Waals surface area (Å²) in [6, 6.07) is 5.99. The Morgan fingerprint density at radius 2 is 1.74 bits per heavy atom. The van der Waals surface area contributed by atoms with Gasteiger partial charge < -0.3 is 28.9 Å². The van der Waals surface area contributed by atoms with Crippen LogP contribution in [0.1, 0.15) is 71.3 Å². The summed E-state index contributed by atoms with van der Waals surface area (Å²) in [7, 11) is 3.24. The number of allylic oxidation sites excluding steroid dienone is 2. The maximum absolute atomic E-state index is 13.9. The highest BCUT2D eigenvalue weighted by Crippen LogP contribution is 2.42. The monoisotopic (exact) mass is 537 g/mol. The first-order chi connectivity index (χ1) is 18.7. The number of fused-ring (bicyclic) bond motifs is 3. The molecule has 0 radical (unpaired) electrons. The van der Waals surface area contributed by atoms with Gasteiger partial charge in [-0.05, 0) is 42.0 Å². The zero-order valence-electron chi connectivity index (χ0n) is 23.0. The standard InChI is InChI=1S/C30H36FN3O5/c1-18(2)13-22-17-33(16-20-7-10-23(38-3)14-25(20)39-4)30(37)27-28(35)26-24(34(22)27)11-12-32(29(26)36)15-19-5-8-21(31)9-6-19/h5-6,8-9,14,18,22,35H,7,10-13,15-17H2,1-4H3. The van der Waals surface area contributed by atoms with Gasteiger partial charge in [-0.1, -0.05) is 26.0 Å². The Morgan fingerprint density at radius 1 is 1.00 bits per heavy atom. The summed E-state index contributed by atoms with van der Waals surface area (Å²) < 4.78 is 26.3. The Morgan fingerprint density at radius 3 is 2.41 bits per heavy atom. The summed E-state index contributed by atoms with van der Waals surface area (Å²) in [5.41, 5.74) is 2.93. The number of nitrogens with zero attached hydrogens (tertiary/aromatic N) is 3. The van der Waals surface area contributed by atoms with Crippen LogP contribution in [0.5, 0.6) is 5.75 Å². The molecule has 208 valence electrons. The molecule has 0 spiro atoms. The molecule has 1 unspecified atom stereocenters. The molecular formula is C30H36FN3O5. The Kier molecular flexibility index (Phi) is 7.42. The van der Waals surface area contributed by atoms with Gasteiger partial charge in [-0.25, -0.2) is 4.39 Å². The van der Waals surface area contributed by atoms with Crippen LogP contribution in [0.25, 0.3) is 0 Å². The Labute approximate surface area is 228 Å². The second kappa shape index (κ2) is 10.8. The average Bonchev–Trinajstić information content (AvgIpc) is 3.22. The predicted molar refractivity (Wildman–Crippen MR) is 144 cm³/mol. The van der Waals surface area contributed by atoms with Crippen LogP contribution in [0.3, 0.4) is 0 Å². The SMILES string of the molecule is COC1=CC(OC)=C(CN2CC(CC(C)C)n3c4c(c(O)c3C2=O)C(=O)N(Cc2ccc(F)cc2)CC4)CC1. The maximum Gasteiger partial charge on any atom is 0.274 e. The second-order valence-corrected chi connectivity index (χ2v) is 10.9. The third-order valence-corrected chi connectivity index (χ3v) is 7.89. The van der Waals surface area contributed by atoms with E-state index < -0.39 is 0 Å². The maximum atomic E-state index is 13.9. The second-order valence-electron chi connectivity index (χ2n) is 10.9. The molecular weight excluding hydrogens is 501 g/mol. The van der Waals surface area contributed by atoms with E-state index in [1.165, 1.54) is 12.1 Å². The number of methoxy groups -OCH3 is 2. The van der Waals surface area contributed by atoms with Crippen molar-refractivity contribution in [2.75, 3.05) is 33.9 Å². The van der Waals surface area contributed by atoms with Crippen LogP contribution in [0.2, 0.25) is 0 Å². The van der Waals surface area contributed by atoms with Crippen LogP contribution in [0.4, 0.5) is 4.39 Å². The van der Waals surface area contributed by atoms with E-state index in [-0.39, 0.29) is 40.7 Å². The minimum absolute atomic E-state index is 0.0657. The van der Waals surface area contributed by atoms with E-state index in [2.05, 4.69) is 13.8 Å². The minimum atomic E-state index is -0.334. The van der Waals surface area contributed by atoms with Gasteiger partial charge in [0.05, 0.1) is 26.0 Å². The molecule has 39 heavy (non-hydrogen) atoms. The largest absolute Gasteiger partial charge is 0.505 e. The molecule has 8 nitrogen and oxygen atoms in total. The number of ether oxygens (including phenoxy) is 2. The molecule has 1 aromatic heterocycles. The van der Waals surface area contributed by atoms with Crippen molar-refractivity contribution in [2.45, 2.75) is 52.1 Å². The normalized spacial score (nSPS) is 19.3. The smallest absolute Gasteiger partial charge is 0.274 e. The molecule has 2 aliphatic heterocycles.